The molecule has 32 heavy (non-hydrogen) atoms. The summed E-state index contributed by atoms with van der Waals surface area (Å²) in [4.78, 5) is 28.9. The van der Waals surface area contributed by atoms with Crippen molar-refractivity contribution in [1.29, 1.82) is 5.26 Å². The van der Waals surface area contributed by atoms with Crippen LogP contribution in [0.4, 0.5) is 0 Å². The number of nitrogens with zero attached hydrogens (tertiary/aromatic N) is 3. The highest BCUT2D eigenvalue weighted by atomic mass is 16.2. The van der Waals surface area contributed by atoms with E-state index in [1.807, 2.05) is 9.80 Å². The van der Waals surface area contributed by atoms with Crippen LogP contribution in [0.15, 0.2) is 48.5 Å². The number of rotatable bonds is 6. The van der Waals surface area contributed by atoms with Gasteiger partial charge < -0.3 is 9.80 Å². The Morgan fingerprint density at radius 2 is 1.59 bits per heavy atom. The van der Waals surface area contributed by atoms with E-state index in [0.717, 1.165) is 64.7 Å². The molecule has 2 fully saturated rings. The van der Waals surface area contributed by atoms with Gasteiger partial charge in [-0.1, -0.05) is 30.3 Å². The quantitative estimate of drug-likeness (QED) is 0.691. The zero-order chi connectivity index (χ0) is 22.3. The van der Waals surface area contributed by atoms with Gasteiger partial charge in [-0.05, 0) is 73.8 Å². The predicted octanol–water partition coefficient (Wildman–Crippen LogP) is 4.21. The molecule has 2 aliphatic heterocycles. The largest absolute Gasteiger partial charge is 0.343 e. The molecule has 0 unspecified atom stereocenters. The standard InChI is InChI=1S/C27H31N3O2/c28-20-24-4-3-5-25(19-24)27(32)30-16-12-23(13-17-30)18-22-8-6-21(7-9-22)10-11-26(31)29-14-1-2-15-29/h3-9,19,23H,1-2,10-18H2. The lowest BCUT2D eigenvalue weighted by Crippen LogP contribution is -2.38. The highest BCUT2D eigenvalue weighted by molar-refractivity contribution is 5.94. The smallest absolute Gasteiger partial charge is 0.253 e. The Labute approximate surface area is 190 Å². The number of hydrogen-bond donors (Lipinski definition) is 0. The summed E-state index contributed by atoms with van der Waals surface area (Å²) < 4.78 is 0. The second-order valence-corrected chi connectivity index (χ2v) is 9.04. The minimum absolute atomic E-state index is 0.0216. The fraction of sp³-hybridized carbons (Fsp3) is 0.444. The Balaban J connectivity index is 1.23. The Morgan fingerprint density at radius 1 is 0.906 bits per heavy atom. The summed E-state index contributed by atoms with van der Waals surface area (Å²) in [5, 5.41) is 9.05. The molecule has 2 aliphatic rings. The van der Waals surface area contributed by atoms with E-state index in [-0.39, 0.29) is 11.8 Å². The van der Waals surface area contributed by atoms with E-state index in [9.17, 15) is 9.59 Å². The first kappa shape index (κ1) is 22.1. The summed E-state index contributed by atoms with van der Waals surface area (Å²) in [7, 11) is 0. The number of amides is 2. The first-order valence-corrected chi connectivity index (χ1v) is 11.8. The maximum absolute atomic E-state index is 12.8. The molecule has 0 spiro atoms. The normalized spacial score (nSPS) is 16.7. The number of benzene rings is 2. The average molecular weight is 430 g/mol. The maximum atomic E-state index is 12.8. The minimum atomic E-state index is 0.0216. The van der Waals surface area contributed by atoms with Gasteiger partial charge in [-0.2, -0.15) is 5.26 Å². The maximum Gasteiger partial charge on any atom is 0.253 e. The second kappa shape index (κ2) is 10.5. The average Bonchev–Trinajstić information content (AvgIpc) is 3.39. The Bertz CT molecular complexity index is 979. The molecule has 2 amide bonds. The molecule has 2 heterocycles. The van der Waals surface area contributed by atoms with Gasteiger partial charge in [-0.25, -0.2) is 0 Å². The fourth-order valence-electron chi connectivity index (χ4n) is 4.80. The van der Waals surface area contributed by atoms with E-state index < -0.39 is 0 Å². The molecule has 0 N–H and O–H groups in total. The van der Waals surface area contributed by atoms with Crippen LogP contribution in [0.1, 0.15) is 59.2 Å². The Kier molecular flexibility index (Phi) is 7.21. The Hall–Kier alpha value is -3.13. The van der Waals surface area contributed by atoms with E-state index in [1.165, 1.54) is 11.1 Å². The molecule has 5 nitrogen and oxygen atoms in total. The highest BCUT2D eigenvalue weighted by Crippen LogP contribution is 2.23. The van der Waals surface area contributed by atoms with Gasteiger partial charge in [0.05, 0.1) is 11.6 Å². The van der Waals surface area contributed by atoms with Gasteiger partial charge in [0.25, 0.3) is 5.91 Å². The highest BCUT2D eigenvalue weighted by Gasteiger charge is 2.24. The Morgan fingerprint density at radius 3 is 2.28 bits per heavy atom. The number of carbonyl (C=O) groups is 2. The third kappa shape index (κ3) is 5.56. The van der Waals surface area contributed by atoms with Crippen LogP contribution in [-0.2, 0) is 17.6 Å². The molecular formula is C27H31N3O2. The molecule has 0 aliphatic carbocycles. The minimum Gasteiger partial charge on any atom is -0.343 e. The molecule has 0 bridgehead atoms. The summed E-state index contributed by atoms with van der Waals surface area (Å²) in [6.45, 7) is 3.37. The van der Waals surface area contributed by atoms with Gasteiger partial charge in [-0.3, -0.25) is 9.59 Å². The van der Waals surface area contributed by atoms with Crippen LogP contribution in [-0.4, -0.2) is 47.8 Å². The number of nitriles is 1. The topological polar surface area (TPSA) is 64.4 Å². The predicted molar refractivity (Wildman–Crippen MR) is 124 cm³/mol. The van der Waals surface area contributed by atoms with Crippen LogP contribution >= 0.6 is 0 Å². The van der Waals surface area contributed by atoms with Crippen molar-refractivity contribution in [2.24, 2.45) is 5.92 Å². The van der Waals surface area contributed by atoms with Gasteiger partial charge in [0, 0.05) is 38.2 Å². The van der Waals surface area contributed by atoms with Crippen molar-refractivity contribution in [1.82, 2.24) is 9.80 Å². The lowest BCUT2D eigenvalue weighted by atomic mass is 9.89. The molecule has 0 radical (unpaired) electrons. The summed E-state index contributed by atoms with van der Waals surface area (Å²) >= 11 is 0. The number of hydrogen-bond acceptors (Lipinski definition) is 3. The van der Waals surface area contributed by atoms with Crippen molar-refractivity contribution in [3.63, 3.8) is 0 Å². The lowest BCUT2D eigenvalue weighted by molar-refractivity contribution is -0.130. The number of aryl methyl sites for hydroxylation is 1. The summed E-state index contributed by atoms with van der Waals surface area (Å²) in [5.74, 6) is 0.882. The molecule has 2 aromatic rings. The molecule has 5 heteroatoms. The number of likely N-dealkylation sites (tertiary alicyclic amines) is 2. The zero-order valence-corrected chi connectivity index (χ0v) is 18.6. The molecule has 0 aromatic heterocycles. The van der Waals surface area contributed by atoms with E-state index in [2.05, 4.69) is 30.3 Å². The van der Waals surface area contributed by atoms with Gasteiger partial charge in [0.2, 0.25) is 5.91 Å². The van der Waals surface area contributed by atoms with E-state index in [1.54, 1.807) is 24.3 Å². The lowest BCUT2D eigenvalue weighted by Gasteiger charge is -2.32. The van der Waals surface area contributed by atoms with Crippen LogP contribution in [0.2, 0.25) is 0 Å². The molecule has 2 aromatic carbocycles. The molecule has 4 rings (SSSR count). The number of carbonyl (C=O) groups excluding carboxylic acids is 2. The van der Waals surface area contributed by atoms with Gasteiger partial charge in [-0.15, -0.1) is 0 Å². The SMILES string of the molecule is N#Cc1cccc(C(=O)N2CCC(Cc3ccc(CCC(=O)N4CCCC4)cc3)CC2)c1. The molecule has 166 valence electrons. The fourth-order valence-corrected chi connectivity index (χ4v) is 4.80. The molecule has 0 saturated carbocycles. The molecule has 0 atom stereocenters. The second-order valence-electron chi connectivity index (χ2n) is 9.04. The van der Waals surface area contributed by atoms with Crippen LogP contribution in [0, 0.1) is 17.2 Å². The van der Waals surface area contributed by atoms with Crippen molar-refractivity contribution in [3.8, 4) is 6.07 Å². The van der Waals surface area contributed by atoms with Crippen molar-refractivity contribution < 1.29 is 9.59 Å². The van der Waals surface area contributed by atoms with Crippen LogP contribution in [0.25, 0.3) is 0 Å². The number of piperidine rings is 1. The monoisotopic (exact) mass is 429 g/mol. The van der Waals surface area contributed by atoms with Crippen molar-refractivity contribution in [2.45, 2.75) is 44.9 Å². The third-order valence-electron chi connectivity index (χ3n) is 6.77. The van der Waals surface area contributed by atoms with Crippen molar-refractivity contribution in [3.05, 3.63) is 70.8 Å². The van der Waals surface area contributed by atoms with Gasteiger partial charge >= 0.3 is 0 Å². The van der Waals surface area contributed by atoms with Gasteiger partial charge in [0.1, 0.15) is 0 Å². The van der Waals surface area contributed by atoms with Crippen molar-refractivity contribution in [2.75, 3.05) is 26.2 Å². The molecule has 2 saturated heterocycles. The van der Waals surface area contributed by atoms with E-state index in [4.69, 9.17) is 5.26 Å². The van der Waals surface area contributed by atoms with Gasteiger partial charge in [0.15, 0.2) is 0 Å². The van der Waals surface area contributed by atoms with E-state index in [0.29, 0.717) is 23.5 Å². The molecular weight excluding hydrogens is 398 g/mol. The van der Waals surface area contributed by atoms with E-state index >= 15 is 0 Å². The first-order valence-electron chi connectivity index (χ1n) is 11.8. The van der Waals surface area contributed by atoms with Crippen LogP contribution in [0.3, 0.4) is 0 Å². The first-order chi connectivity index (χ1) is 15.6. The summed E-state index contributed by atoms with van der Waals surface area (Å²) in [5.41, 5.74) is 3.67. The summed E-state index contributed by atoms with van der Waals surface area (Å²) in [6, 6.07) is 17.8. The van der Waals surface area contributed by atoms with Crippen LogP contribution in [0.5, 0.6) is 0 Å². The third-order valence-corrected chi connectivity index (χ3v) is 6.77. The summed E-state index contributed by atoms with van der Waals surface area (Å²) in [6.07, 6.45) is 6.71. The zero-order valence-electron chi connectivity index (χ0n) is 18.6. The van der Waals surface area contributed by atoms with Crippen molar-refractivity contribution >= 4 is 11.8 Å². The van der Waals surface area contributed by atoms with Crippen LogP contribution < -0.4 is 0 Å².